The lowest BCUT2D eigenvalue weighted by atomic mass is 9.76. The maximum atomic E-state index is 13.4. The first kappa shape index (κ1) is 22.9. The molecule has 0 aromatic carbocycles. The Bertz CT molecular complexity index is 757. The van der Waals surface area contributed by atoms with Gasteiger partial charge in [-0.05, 0) is 57.8 Å². The molecule has 5 rings (SSSR count). The van der Waals surface area contributed by atoms with Gasteiger partial charge in [-0.1, -0.05) is 0 Å². The van der Waals surface area contributed by atoms with Crippen molar-refractivity contribution in [3.63, 3.8) is 0 Å². The fraction of sp³-hybridized carbons (Fsp3) is 0.880. The number of hydrogen-bond acceptors (Lipinski definition) is 4. The summed E-state index contributed by atoms with van der Waals surface area (Å²) in [6.45, 7) is 11.7. The minimum Gasteiger partial charge on any atom is -0.340 e. The molecule has 5 fully saturated rings. The molecule has 3 atom stereocenters. The summed E-state index contributed by atoms with van der Waals surface area (Å²) >= 11 is 0. The summed E-state index contributed by atoms with van der Waals surface area (Å²) in [6.07, 6.45) is 5.48. The van der Waals surface area contributed by atoms with Crippen molar-refractivity contribution >= 4 is 17.8 Å². The van der Waals surface area contributed by atoms with E-state index in [9.17, 15) is 14.4 Å². The third-order valence-corrected chi connectivity index (χ3v) is 8.92. The summed E-state index contributed by atoms with van der Waals surface area (Å²) in [4.78, 5) is 49.4. The normalized spacial score (nSPS) is 31.7. The third-order valence-electron chi connectivity index (χ3n) is 8.92. The molecule has 0 aliphatic carbocycles. The lowest BCUT2D eigenvalue weighted by Crippen LogP contribution is -2.62. The molecule has 5 saturated heterocycles. The predicted octanol–water partition coefficient (Wildman–Crippen LogP) is 1.70. The Hall–Kier alpha value is -1.83. The predicted molar refractivity (Wildman–Crippen MR) is 126 cm³/mol. The second kappa shape index (κ2) is 9.43. The molecule has 0 aromatic rings. The van der Waals surface area contributed by atoms with Crippen LogP contribution in [0.25, 0.3) is 0 Å². The van der Waals surface area contributed by atoms with E-state index in [1.165, 1.54) is 0 Å². The van der Waals surface area contributed by atoms with Gasteiger partial charge in [-0.15, -0.1) is 0 Å². The largest absolute Gasteiger partial charge is 0.340 e. The number of likely N-dealkylation sites (tertiary alicyclic amines) is 2. The lowest BCUT2D eigenvalue weighted by Gasteiger charge is -2.53. The van der Waals surface area contributed by atoms with Gasteiger partial charge in [-0.3, -0.25) is 14.5 Å². The van der Waals surface area contributed by atoms with Crippen LogP contribution in [-0.4, -0.2) is 113 Å². The van der Waals surface area contributed by atoms with Crippen molar-refractivity contribution in [2.24, 2.45) is 17.8 Å². The molecular formula is C25H41N5O3. The third kappa shape index (κ3) is 4.60. The first-order chi connectivity index (χ1) is 15.9. The molecule has 0 saturated carbocycles. The van der Waals surface area contributed by atoms with E-state index in [0.717, 1.165) is 77.9 Å². The van der Waals surface area contributed by atoms with Crippen molar-refractivity contribution in [1.82, 2.24) is 24.5 Å². The number of rotatable bonds is 2. The van der Waals surface area contributed by atoms with Gasteiger partial charge in [0.05, 0.1) is 0 Å². The van der Waals surface area contributed by atoms with Crippen LogP contribution in [0.5, 0.6) is 0 Å². The van der Waals surface area contributed by atoms with Crippen molar-refractivity contribution in [2.75, 3.05) is 58.9 Å². The van der Waals surface area contributed by atoms with Crippen LogP contribution in [0.4, 0.5) is 4.79 Å². The molecule has 8 nitrogen and oxygen atoms in total. The van der Waals surface area contributed by atoms with Gasteiger partial charge in [0.15, 0.2) is 0 Å². The monoisotopic (exact) mass is 459 g/mol. The molecule has 0 aromatic heterocycles. The summed E-state index contributed by atoms with van der Waals surface area (Å²) in [6, 6.07) is 1.02. The van der Waals surface area contributed by atoms with E-state index in [4.69, 9.17) is 0 Å². The summed E-state index contributed by atoms with van der Waals surface area (Å²) in [5.41, 5.74) is 0. The van der Waals surface area contributed by atoms with Crippen molar-refractivity contribution in [2.45, 2.75) is 64.5 Å². The highest BCUT2D eigenvalue weighted by atomic mass is 16.2. The molecular weight excluding hydrogens is 418 g/mol. The zero-order chi connectivity index (χ0) is 23.1. The second-order valence-corrected chi connectivity index (χ2v) is 11.3. The van der Waals surface area contributed by atoms with Crippen LogP contribution in [-0.2, 0) is 9.59 Å². The maximum Gasteiger partial charge on any atom is 0.320 e. The van der Waals surface area contributed by atoms with Gasteiger partial charge in [-0.25, -0.2) is 4.79 Å². The molecule has 8 heteroatoms. The number of carbonyl (C=O) groups excluding carboxylic acids is 3. The second-order valence-electron chi connectivity index (χ2n) is 11.3. The van der Waals surface area contributed by atoms with E-state index >= 15 is 0 Å². The summed E-state index contributed by atoms with van der Waals surface area (Å²) in [5.74, 6) is 1.50. The van der Waals surface area contributed by atoms with Gasteiger partial charge in [-0.2, -0.15) is 0 Å². The molecule has 5 aliphatic heterocycles. The molecule has 184 valence electrons. The minimum atomic E-state index is 0.0576. The fourth-order valence-corrected chi connectivity index (χ4v) is 7.00. The molecule has 5 heterocycles. The highest BCUT2D eigenvalue weighted by Crippen LogP contribution is 2.38. The topological polar surface area (TPSA) is 67.4 Å². The van der Waals surface area contributed by atoms with E-state index in [2.05, 4.69) is 28.5 Å². The summed E-state index contributed by atoms with van der Waals surface area (Å²) in [5, 5.41) is 0. The van der Waals surface area contributed by atoms with Crippen LogP contribution in [0.3, 0.4) is 0 Å². The fourth-order valence-electron chi connectivity index (χ4n) is 7.00. The van der Waals surface area contributed by atoms with E-state index in [1.807, 2.05) is 9.80 Å². The van der Waals surface area contributed by atoms with Crippen molar-refractivity contribution in [3.8, 4) is 0 Å². The molecule has 5 aliphatic rings. The van der Waals surface area contributed by atoms with Crippen LogP contribution in [0.15, 0.2) is 0 Å². The quantitative estimate of drug-likeness (QED) is 0.631. The first-order valence-corrected chi connectivity index (χ1v) is 13.3. The van der Waals surface area contributed by atoms with Gasteiger partial charge in [0.1, 0.15) is 0 Å². The van der Waals surface area contributed by atoms with E-state index in [1.54, 1.807) is 0 Å². The zero-order valence-electron chi connectivity index (χ0n) is 20.5. The van der Waals surface area contributed by atoms with Gasteiger partial charge in [0, 0.05) is 83.3 Å². The van der Waals surface area contributed by atoms with Crippen LogP contribution < -0.4 is 0 Å². The molecule has 0 unspecified atom stereocenters. The zero-order valence-corrected chi connectivity index (χ0v) is 20.5. The molecule has 0 N–H and O–H groups in total. The number of fused-ring (bicyclic) bond motifs is 4. The molecule has 2 bridgehead atoms. The standard InChI is InChI=1S/C25H41N5O3/c1-18(2)26-10-12-27(13-11-26)24(32)20-6-8-28(9-7-20)25(33)29-15-19-14-21(17-29)22-4-3-5-23(31)30(22)16-19/h18-22H,3-17H2,1-2H3/t19-,21+,22+/m0/s1. The van der Waals surface area contributed by atoms with E-state index in [0.29, 0.717) is 55.2 Å². The number of nitrogens with zero attached hydrogens (tertiary/aromatic N) is 5. The highest BCUT2D eigenvalue weighted by molar-refractivity contribution is 5.80. The SMILES string of the molecule is CC(C)N1CCN(C(=O)C2CCN(C(=O)N3C[C@@H]4C[C@H](C3)[C@H]3CCCC(=O)N3C4)CC2)CC1. The Kier molecular flexibility index (Phi) is 6.56. The molecule has 33 heavy (non-hydrogen) atoms. The average molecular weight is 460 g/mol. The Labute approximate surface area is 198 Å². The van der Waals surface area contributed by atoms with Gasteiger partial charge in [0.2, 0.25) is 11.8 Å². The van der Waals surface area contributed by atoms with Gasteiger partial charge >= 0.3 is 6.03 Å². The summed E-state index contributed by atoms with van der Waals surface area (Å²) in [7, 11) is 0. The molecule has 0 radical (unpaired) electrons. The number of amides is 4. The Balaban J connectivity index is 1.12. The summed E-state index contributed by atoms with van der Waals surface area (Å²) < 4.78 is 0. The smallest absolute Gasteiger partial charge is 0.320 e. The van der Waals surface area contributed by atoms with Crippen molar-refractivity contribution < 1.29 is 14.4 Å². The van der Waals surface area contributed by atoms with Crippen LogP contribution >= 0.6 is 0 Å². The first-order valence-electron chi connectivity index (χ1n) is 13.3. The average Bonchev–Trinajstić information content (AvgIpc) is 2.84. The van der Waals surface area contributed by atoms with Gasteiger partial charge < -0.3 is 19.6 Å². The van der Waals surface area contributed by atoms with E-state index < -0.39 is 0 Å². The minimum absolute atomic E-state index is 0.0576. The Morgan fingerprint density at radius 2 is 1.58 bits per heavy atom. The Morgan fingerprint density at radius 3 is 2.27 bits per heavy atom. The van der Waals surface area contributed by atoms with Crippen LogP contribution in [0.1, 0.15) is 52.4 Å². The number of urea groups is 1. The Morgan fingerprint density at radius 1 is 0.848 bits per heavy atom. The van der Waals surface area contributed by atoms with Crippen LogP contribution in [0, 0.1) is 17.8 Å². The number of piperazine rings is 1. The van der Waals surface area contributed by atoms with Crippen LogP contribution in [0.2, 0.25) is 0 Å². The highest BCUT2D eigenvalue weighted by Gasteiger charge is 2.45. The molecule has 4 amide bonds. The number of piperidine rings is 4. The van der Waals surface area contributed by atoms with Crippen molar-refractivity contribution in [3.05, 3.63) is 0 Å². The molecule has 0 spiro atoms. The van der Waals surface area contributed by atoms with Gasteiger partial charge in [0.25, 0.3) is 0 Å². The van der Waals surface area contributed by atoms with Crippen molar-refractivity contribution in [1.29, 1.82) is 0 Å². The number of carbonyl (C=O) groups is 3. The lowest BCUT2D eigenvalue weighted by molar-refractivity contribution is -0.144. The number of hydrogen-bond donors (Lipinski definition) is 0. The van der Waals surface area contributed by atoms with E-state index in [-0.39, 0.29) is 11.9 Å². The maximum absolute atomic E-state index is 13.4.